The predicted molar refractivity (Wildman–Crippen MR) is 100 cm³/mol. The van der Waals surface area contributed by atoms with Crippen molar-refractivity contribution in [1.29, 1.82) is 0 Å². The summed E-state index contributed by atoms with van der Waals surface area (Å²) in [6.07, 6.45) is 3.38. The number of para-hydroxylation sites is 2. The molecule has 2 aromatic heterocycles. The Morgan fingerprint density at radius 2 is 2.08 bits per heavy atom. The Labute approximate surface area is 150 Å². The van der Waals surface area contributed by atoms with Gasteiger partial charge in [-0.25, -0.2) is 4.79 Å². The van der Waals surface area contributed by atoms with Crippen LogP contribution in [0.15, 0.2) is 34.2 Å². The van der Waals surface area contributed by atoms with Gasteiger partial charge in [-0.1, -0.05) is 37.7 Å². The zero-order valence-corrected chi connectivity index (χ0v) is 15.4. The third kappa shape index (κ3) is 3.25. The molecule has 0 amide bonds. The van der Waals surface area contributed by atoms with Crippen LogP contribution in [0, 0.1) is 0 Å². The fraction of sp³-hybridized carbons (Fsp3) is 0.500. The first-order valence-electron chi connectivity index (χ1n) is 8.90. The molecule has 1 aliphatic rings. The number of aryl methyl sites for hydroxylation is 1. The molecule has 0 atom stereocenters. The van der Waals surface area contributed by atoms with E-state index >= 15 is 0 Å². The van der Waals surface area contributed by atoms with Gasteiger partial charge in [-0.05, 0) is 31.4 Å². The Hall–Kier alpha value is -2.02. The SMILES string of the molecule is CC(C)c1nnc(SCCCn2c(=O)[nH]c3ccccc32)n1C1CC1. The van der Waals surface area contributed by atoms with Gasteiger partial charge in [-0.3, -0.25) is 4.57 Å². The number of nitrogens with zero attached hydrogens (tertiary/aromatic N) is 4. The van der Waals surface area contributed by atoms with Crippen LogP contribution in [0.1, 0.15) is 50.9 Å². The quantitative estimate of drug-likeness (QED) is 0.518. The number of aromatic nitrogens is 5. The molecule has 0 saturated heterocycles. The lowest BCUT2D eigenvalue weighted by molar-refractivity contribution is 0.598. The maximum atomic E-state index is 12.1. The second-order valence-corrected chi connectivity index (χ2v) is 7.96. The Kier molecular flexibility index (Phi) is 4.41. The van der Waals surface area contributed by atoms with Gasteiger partial charge in [0.15, 0.2) is 5.16 Å². The van der Waals surface area contributed by atoms with Crippen molar-refractivity contribution in [3.8, 4) is 0 Å². The minimum absolute atomic E-state index is 0.0329. The molecule has 4 rings (SSSR count). The molecule has 2 heterocycles. The molecule has 132 valence electrons. The largest absolute Gasteiger partial charge is 0.326 e. The molecular weight excluding hydrogens is 334 g/mol. The first-order chi connectivity index (χ1) is 12.1. The van der Waals surface area contributed by atoms with Gasteiger partial charge in [0.2, 0.25) is 0 Å². The van der Waals surface area contributed by atoms with Gasteiger partial charge in [0.25, 0.3) is 0 Å². The lowest BCUT2D eigenvalue weighted by Gasteiger charge is -2.10. The van der Waals surface area contributed by atoms with Crippen LogP contribution < -0.4 is 5.69 Å². The topological polar surface area (TPSA) is 68.5 Å². The first-order valence-corrected chi connectivity index (χ1v) is 9.89. The van der Waals surface area contributed by atoms with Gasteiger partial charge in [-0.15, -0.1) is 10.2 Å². The minimum Gasteiger partial charge on any atom is -0.306 e. The third-order valence-electron chi connectivity index (χ3n) is 4.56. The Morgan fingerprint density at radius 1 is 1.28 bits per heavy atom. The number of rotatable bonds is 7. The summed E-state index contributed by atoms with van der Waals surface area (Å²) in [4.78, 5) is 15.0. The number of hydrogen-bond acceptors (Lipinski definition) is 4. The number of imidazole rings is 1. The van der Waals surface area contributed by atoms with Crippen LogP contribution in [0.25, 0.3) is 11.0 Å². The van der Waals surface area contributed by atoms with E-state index in [0.717, 1.165) is 34.2 Å². The smallest absolute Gasteiger partial charge is 0.306 e. The summed E-state index contributed by atoms with van der Waals surface area (Å²) in [5, 5.41) is 9.82. The molecule has 1 aliphatic carbocycles. The van der Waals surface area contributed by atoms with Crippen molar-refractivity contribution in [2.24, 2.45) is 0 Å². The zero-order valence-electron chi connectivity index (χ0n) is 14.6. The van der Waals surface area contributed by atoms with Crippen molar-refractivity contribution in [1.82, 2.24) is 24.3 Å². The van der Waals surface area contributed by atoms with E-state index in [2.05, 4.69) is 33.6 Å². The number of aromatic amines is 1. The van der Waals surface area contributed by atoms with E-state index in [1.807, 2.05) is 28.8 Å². The summed E-state index contributed by atoms with van der Waals surface area (Å²) in [5.41, 5.74) is 1.84. The van der Waals surface area contributed by atoms with E-state index in [1.54, 1.807) is 11.8 Å². The summed E-state index contributed by atoms with van der Waals surface area (Å²) < 4.78 is 4.15. The maximum Gasteiger partial charge on any atom is 0.326 e. The van der Waals surface area contributed by atoms with Crippen LogP contribution >= 0.6 is 11.8 Å². The van der Waals surface area contributed by atoms with E-state index in [9.17, 15) is 4.79 Å². The highest BCUT2D eigenvalue weighted by Gasteiger charge is 2.30. The van der Waals surface area contributed by atoms with E-state index in [-0.39, 0.29) is 5.69 Å². The maximum absolute atomic E-state index is 12.1. The molecule has 7 heteroatoms. The molecule has 1 aromatic carbocycles. The van der Waals surface area contributed by atoms with E-state index in [4.69, 9.17) is 0 Å². The molecule has 1 saturated carbocycles. The van der Waals surface area contributed by atoms with Crippen LogP contribution in [-0.2, 0) is 6.54 Å². The summed E-state index contributed by atoms with van der Waals surface area (Å²) in [6.45, 7) is 5.05. The fourth-order valence-electron chi connectivity index (χ4n) is 3.17. The first kappa shape index (κ1) is 16.4. The highest BCUT2D eigenvalue weighted by atomic mass is 32.2. The minimum atomic E-state index is -0.0329. The summed E-state index contributed by atoms with van der Waals surface area (Å²) in [6, 6.07) is 8.42. The van der Waals surface area contributed by atoms with Crippen molar-refractivity contribution in [2.75, 3.05) is 5.75 Å². The monoisotopic (exact) mass is 357 g/mol. The average Bonchev–Trinajstić information content (AvgIpc) is 3.26. The number of thioether (sulfide) groups is 1. The highest BCUT2D eigenvalue weighted by Crippen LogP contribution is 2.40. The van der Waals surface area contributed by atoms with Crippen molar-refractivity contribution >= 4 is 22.8 Å². The van der Waals surface area contributed by atoms with E-state index in [0.29, 0.717) is 18.5 Å². The molecular formula is C18H23N5OS. The molecule has 1 N–H and O–H groups in total. The van der Waals surface area contributed by atoms with Gasteiger partial charge in [0.05, 0.1) is 11.0 Å². The van der Waals surface area contributed by atoms with Crippen molar-refractivity contribution in [3.05, 3.63) is 40.6 Å². The van der Waals surface area contributed by atoms with Gasteiger partial charge in [0, 0.05) is 24.3 Å². The van der Waals surface area contributed by atoms with Crippen LogP contribution in [0.4, 0.5) is 0 Å². The predicted octanol–water partition coefficient (Wildman–Crippen LogP) is 3.56. The summed E-state index contributed by atoms with van der Waals surface area (Å²) >= 11 is 1.75. The lowest BCUT2D eigenvalue weighted by atomic mass is 10.2. The second kappa shape index (κ2) is 6.71. The standard InChI is InChI=1S/C18H23N5OS/c1-12(2)16-20-21-18(23(16)13-8-9-13)25-11-5-10-22-15-7-4-3-6-14(15)19-17(22)24/h3-4,6-7,12-13H,5,8-11H2,1-2H3,(H,19,24). The average molecular weight is 357 g/mol. The van der Waals surface area contributed by atoms with Crippen LogP contribution in [0.5, 0.6) is 0 Å². The van der Waals surface area contributed by atoms with E-state index in [1.165, 1.54) is 12.8 Å². The van der Waals surface area contributed by atoms with Gasteiger partial charge >= 0.3 is 5.69 Å². The lowest BCUT2D eigenvalue weighted by Crippen LogP contribution is -2.17. The number of H-pyrrole nitrogens is 1. The molecule has 0 radical (unpaired) electrons. The number of hydrogen-bond donors (Lipinski definition) is 1. The summed E-state index contributed by atoms with van der Waals surface area (Å²) in [7, 11) is 0. The number of benzene rings is 1. The third-order valence-corrected chi connectivity index (χ3v) is 5.59. The van der Waals surface area contributed by atoms with Crippen LogP contribution in [0.3, 0.4) is 0 Å². The fourth-order valence-corrected chi connectivity index (χ4v) is 4.11. The molecule has 3 aromatic rings. The molecule has 25 heavy (non-hydrogen) atoms. The van der Waals surface area contributed by atoms with E-state index < -0.39 is 0 Å². The number of nitrogens with one attached hydrogen (secondary N) is 1. The molecule has 6 nitrogen and oxygen atoms in total. The second-order valence-electron chi connectivity index (χ2n) is 6.90. The van der Waals surface area contributed by atoms with Crippen molar-refractivity contribution < 1.29 is 0 Å². The Balaban J connectivity index is 1.42. The number of fused-ring (bicyclic) bond motifs is 1. The molecule has 0 spiro atoms. The normalized spacial score (nSPS) is 14.7. The summed E-state index contributed by atoms with van der Waals surface area (Å²) in [5.74, 6) is 2.42. The molecule has 0 aliphatic heterocycles. The molecule has 0 bridgehead atoms. The Morgan fingerprint density at radius 3 is 2.84 bits per heavy atom. The van der Waals surface area contributed by atoms with Crippen LogP contribution in [-0.4, -0.2) is 30.1 Å². The Bertz CT molecular complexity index is 934. The molecule has 0 unspecified atom stereocenters. The van der Waals surface area contributed by atoms with Gasteiger partial charge < -0.3 is 9.55 Å². The van der Waals surface area contributed by atoms with Crippen LogP contribution in [0.2, 0.25) is 0 Å². The van der Waals surface area contributed by atoms with Gasteiger partial charge in [-0.2, -0.15) is 0 Å². The van der Waals surface area contributed by atoms with Crippen molar-refractivity contribution in [3.63, 3.8) is 0 Å². The zero-order chi connectivity index (χ0) is 17.4. The molecule has 1 fully saturated rings. The van der Waals surface area contributed by atoms with Crippen molar-refractivity contribution in [2.45, 2.75) is 56.8 Å². The highest BCUT2D eigenvalue weighted by molar-refractivity contribution is 7.99. The van der Waals surface area contributed by atoms with Gasteiger partial charge in [0.1, 0.15) is 5.82 Å².